The fourth-order valence-corrected chi connectivity index (χ4v) is 2.24. The van der Waals surface area contributed by atoms with Crippen LogP contribution in [0.2, 0.25) is 0 Å². The number of hydrogen-bond acceptors (Lipinski definition) is 6. The van der Waals surface area contributed by atoms with Gasteiger partial charge in [-0.2, -0.15) is 0 Å². The number of amides is 2. The predicted molar refractivity (Wildman–Crippen MR) is 109 cm³/mol. The summed E-state index contributed by atoms with van der Waals surface area (Å²) in [5.74, 6) is 0.591. The van der Waals surface area contributed by atoms with Crippen LogP contribution in [0.3, 0.4) is 0 Å². The molecular weight excluding hydrogens is 376 g/mol. The highest BCUT2D eigenvalue weighted by Crippen LogP contribution is 2.14. The molecule has 0 fully saturated rings. The fourth-order valence-electron chi connectivity index (χ4n) is 2.24. The number of nitrogens with one attached hydrogen (secondary N) is 1. The van der Waals surface area contributed by atoms with E-state index in [2.05, 4.69) is 5.43 Å². The molecule has 0 aliphatic carbocycles. The van der Waals surface area contributed by atoms with Crippen molar-refractivity contribution in [1.29, 1.82) is 0 Å². The second kappa shape index (κ2) is 10.1. The zero-order valence-corrected chi connectivity index (χ0v) is 18.3. The van der Waals surface area contributed by atoms with Crippen molar-refractivity contribution >= 4 is 18.0 Å². The van der Waals surface area contributed by atoms with Crippen LogP contribution in [0, 0.1) is 0 Å². The zero-order chi connectivity index (χ0) is 22.2. The summed E-state index contributed by atoms with van der Waals surface area (Å²) in [6.45, 7) is 10.4. The lowest BCUT2D eigenvalue weighted by molar-refractivity contribution is 0.00108. The number of ether oxygens (including phenoxy) is 3. The standard InChI is InChI=1S/C21H32N2O6/c1-20(2,3)28-18(25)22-23(19(26)29-21(4,5)6)14-8-9-17(24)15-10-12-16(27-7)13-11-15/h10-13H,8-9,14H2,1-7H3,(H,22,25). The highest BCUT2D eigenvalue weighted by molar-refractivity contribution is 5.96. The average Bonchev–Trinajstić information content (AvgIpc) is 2.57. The molecule has 0 saturated heterocycles. The fraction of sp³-hybridized carbons (Fsp3) is 0.571. The van der Waals surface area contributed by atoms with Gasteiger partial charge in [-0.1, -0.05) is 0 Å². The Bertz CT molecular complexity index is 701. The number of rotatable bonds is 6. The monoisotopic (exact) mass is 408 g/mol. The second-order valence-electron chi connectivity index (χ2n) is 8.50. The first-order valence-corrected chi connectivity index (χ1v) is 9.48. The third kappa shape index (κ3) is 9.82. The molecule has 0 bridgehead atoms. The molecule has 2 amide bonds. The number of hydrogen-bond donors (Lipinski definition) is 1. The summed E-state index contributed by atoms with van der Waals surface area (Å²) in [4.78, 5) is 36.8. The highest BCUT2D eigenvalue weighted by atomic mass is 16.6. The maximum absolute atomic E-state index is 12.4. The number of ketones is 1. The van der Waals surface area contributed by atoms with Gasteiger partial charge in [0.15, 0.2) is 5.78 Å². The largest absolute Gasteiger partial charge is 0.497 e. The van der Waals surface area contributed by atoms with Gasteiger partial charge in [-0.05, 0) is 72.2 Å². The third-order valence-corrected chi connectivity index (χ3v) is 3.44. The van der Waals surface area contributed by atoms with E-state index >= 15 is 0 Å². The lowest BCUT2D eigenvalue weighted by atomic mass is 10.1. The first-order chi connectivity index (χ1) is 13.3. The predicted octanol–water partition coefficient (Wildman–Crippen LogP) is 4.33. The molecule has 1 N–H and O–H groups in total. The van der Waals surface area contributed by atoms with E-state index in [1.807, 2.05) is 0 Å². The minimum absolute atomic E-state index is 0.0749. The van der Waals surface area contributed by atoms with Crippen LogP contribution in [0.5, 0.6) is 5.75 Å². The normalized spacial score (nSPS) is 11.4. The number of hydrazine groups is 1. The Morgan fingerprint density at radius 3 is 1.97 bits per heavy atom. The van der Waals surface area contributed by atoms with Crippen LogP contribution in [-0.4, -0.2) is 47.8 Å². The minimum Gasteiger partial charge on any atom is -0.497 e. The van der Waals surface area contributed by atoms with Crippen molar-refractivity contribution < 1.29 is 28.6 Å². The van der Waals surface area contributed by atoms with Crippen molar-refractivity contribution in [1.82, 2.24) is 10.4 Å². The molecule has 29 heavy (non-hydrogen) atoms. The Kier molecular flexibility index (Phi) is 8.48. The van der Waals surface area contributed by atoms with Gasteiger partial charge in [0, 0.05) is 18.5 Å². The SMILES string of the molecule is COc1ccc(C(=O)CCCN(NC(=O)OC(C)(C)C)C(=O)OC(C)(C)C)cc1. The van der Waals surface area contributed by atoms with Crippen LogP contribution in [0.1, 0.15) is 64.7 Å². The lowest BCUT2D eigenvalue weighted by Crippen LogP contribution is -2.50. The first-order valence-electron chi connectivity index (χ1n) is 9.48. The summed E-state index contributed by atoms with van der Waals surface area (Å²) in [5, 5.41) is 1.03. The van der Waals surface area contributed by atoms with Gasteiger partial charge >= 0.3 is 12.2 Å². The number of carbonyl (C=O) groups excluding carboxylic acids is 3. The Morgan fingerprint density at radius 2 is 1.48 bits per heavy atom. The molecule has 0 spiro atoms. The van der Waals surface area contributed by atoms with E-state index in [-0.39, 0.29) is 18.7 Å². The molecule has 8 nitrogen and oxygen atoms in total. The van der Waals surface area contributed by atoms with Gasteiger partial charge in [-0.3, -0.25) is 4.79 Å². The van der Waals surface area contributed by atoms with E-state index in [0.29, 0.717) is 17.7 Å². The molecule has 0 heterocycles. The Morgan fingerprint density at radius 1 is 0.931 bits per heavy atom. The van der Waals surface area contributed by atoms with Crippen molar-refractivity contribution in [3.05, 3.63) is 29.8 Å². The van der Waals surface area contributed by atoms with E-state index < -0.39 is 23.4 Å². The van der Waals surface area contributed by atoms with E-state index in [4.69, 9.17) is 14.2 Å². The summed E-state index contributed by atoms with van der Waals surface area (Å²) in [5.41, 5.74) is 1.50. The van der Waals surface area contributed by atoms with Gasteiger partial charge in [0.25, 0.3) is 0 Å². The van der Waals surface area contributed by atoms with Gasteiger partial charge in [0.2, 0.25) is 0 Å². The minimum atomic E-state index is -0.773. The van der Waals surface area contributed by atoms with Crippen molar-refractivity contribution in [3.8, 4) is 5.75 Å². The van der Waals surface area contributed by atoms with Crippen LogP contribution in [-0.2, 0) is 9.47 Å². The molecule has 0 aromatic heterocycles. The Hall–Kier alpha value is -2.77. The van der Waals surface area contributed by atoms with Crippen molar-refractivity contribution in [2.45, 2.75) is 65.6 Å². The molecule has 0 aliphatic rings. The maximum atomic E-state index is 12.4. The second-order valence-corrected chi connectivity index (χ2v) is 8.50. The van der Waals surface area contributed by atoms with Crippen LogP contribution < -0.4 is 10.2 Å². The van der Waals surface area contributed by atoms with E-state index in [9.17, 15) is 14.4 Å². The molecule has 0 saturated carbocycles. The van der Waals surface area contributed by atoms with Gasteiger partial charge in [0.1, 0.15) is 17.0 Å². The molecule has 0 unspecified atom stereocenters. The first kappa shape index (κ1) is 24.3. The van der Waals surface area contributed by atoms with Crippen LogP contribution in [0.4, 0.5) is 9.59 Å². The van der Waals surface area contributed by atoms with E-state index in [1.165, 1.54) is 0 Å². The number of nitrogens with zero attached hydrogens (tertiary/aromatic N) is 1. The average molecular weight is 408 g/mol. The molecule has 1 rings (SSSR count). The van der Waals surface area contributed by atoms with Crippen LogP contribution in [0.25, 0.3) is 0 Å². The molecule has 1 aromatic carbocycles. The maximum Gasteiger partial charge on any atom is 0.429 e. The van der Waals surface area contributed by atoms with Crippen molar-refractivity contribution in [2.75, 3.05) is 13.7 Å². The van der Waals surface area contributed by atoms with Crippen molar-refractivity contribution in [2.24, 2.45) is 0 Å². The van der Waals surface area contributed by atoms with Crippen molar-refractivity contribution in [3.63, 3.8) is 0 Å². The molecule has 0 aliphatic heterocycles. The van der Waals surface area contributed by atoms with Crippen LogP contribution in [0.15, 0.2) is 24.3 Å². The molecule has 0 atom stereocenters. The summed E-state index contributed by atoms with van der Waals surface area (Å²) in [6, 6.07) is 6.80. The Balaban J connectivity index is 2.70. The number of benzene rings is 1. The molecule has 1 aromatic rings. The summed E-state index contributed by atoms with van der Waals surface area (Å²) < 4.78 is 15.6. The number of Topliss-reactive ketones (excluding diaryl/α,β-unsaturated/α-hetero) is 1. The lowest BCUT2D eigenvalue weighted by Gasteiger charge is -2.28. The zero-order valence-electron chi connectivity index (χ0n) is 18.3. The molecule has 8 heteroatoms. The van der Waals surface area contributed by atoms with Gasteiger partial charge < -0.3 is 14.2 Å². The highest BCUT2D eigenvalue weighted by Gasteiger charge is 2.26. The number of methoxy groups -OCH3 is 1. The topological polar surface area (TPSA) is 94.2 Å². The van der Waals surface area contributed by atoms with E-state index in [0.717, 1.165) is 5.01 Å². The summed E-state index contributed by atoms with van der Waals surface area (Å²) in [7, 11) is 1.56. The van der Waals surface area contributed by atoms with Crippen LogP contribution >= 0.6 is 0 Å². The molecule has 162 valence electrons. The van der Waals surface area contributed by atoms with Gasteiger partial charge in [0.05, 0.1) is 7.11 Å². The molecular formula is C21H32N2O6. The van der Waals surface area contributed by atoms with Gasteiger partial charge in [-0.15, -0.1) is 0 Å². The van der Waals surface area contributed by atoms with E-state index in [1.54, 1.807) is 72.9 Å². The number of carbonyl (C=O) groups is 3. The molecule has 0 radical (unpaired) electrons. The van der Waals surface area contributed by atoms with Gasteiger partial charge in [-0.25, -0.2) is 20.0 Å². The third-order valence-electron chi connectivity index (χ3n) is 3.44. The summed E-state index contributed by atoms with van der Waals surface area (Å²) >= 11 is 0. The quantitative estimate of drug-likeness (QED) is 0.556. The Labute approximate surface area is 172 Å². The smallest absolute Gasteiger partial charge is 0.429 e. The summed E-state index contributed by atoms with van der Waals surface area (Å²) in [6.07, 6.45) is -0.966.